The third kappa shape index (κ3) is 3.75. The van der Waals surface area contributed by atoms with Gasteiger partial charge in [-0.3, -0.25) is 9.78 Å². The van der Waals surface area contributed by atoms with Crippen molar-refractivity contribution in [2.75, 3.05) is 13.7 Å². The summed E-state index contributed by atoms with van der Waals surface area (Å²) < 4.78 is 6.10. The van der Waals surface area contributed by atoms with E-state index in [9.17, 15) is 9.59 Å². The lowest BCUT2D eigenvalue weighted by atomic mass is 10.3. The maximum absolute atomic E-state index is 12.1. The number of likely N-dealkylation sites (N-methyl/N-ethyl adjacent to an activating group) is 1. The lowest BCUT2D eigenvalue weighted by Crippen LogP contribution is -2.30. The summed E-state index contributed by atoms with van der Waals surface area (Å²) in [6, 6.07) is 11.0. The van der Waals surface area contributed by atoms with Gasteiger partial charge in [0.25, 0.3) is 5.91 Å². The molecule has 2 aromatic heterocycles. The highest BCUT2D eigenvalue weighted by Gasteiger charge is 2.15. The Labute approximate surface area is 142 Å². The molecule has 3 rings (SSSR count). The largest absolute Gasteiger partial charge is 0.452 e. The van der Waals surface area contributed by atoms with E-state index >= 15 is 0 Å². The molecule has 24 heavy (non-hydrogen) atoms. The average molecular weight is 341 g/mol. The van der Waals surface area contributed by atoms with Gasteiger partial charge in [-0.05, 0) is 24.3 Å². The molecule has 0 saturated heterocycles. The number of rotatable bonds is 5. The number of carbonyl (C=O) groups excluding carboxylic acids is 2. The zero-order chi connectivity index (χ0) is 16.9. The molecule has 0 spiro atoms. The highest BCUT2D eigenvalue weighted by Crippen LogP contribution is 2.22. The quantitative estimate of drug-likeness (QED) is 0.667. The van der Waals surface area contributed by atoms with Crippen LogP contribution in [0.3, 0.4) is 0 Å². The zero-order valence-electron chi connectivity index (χ0n) is 13.0. The summed E-state index contributed by atoms with van der Waals surface area (Å²) in [6.07, 6.45) is 2.96. The maximum Gasteiger partial charge on any atom is 0.340 e. The lowest BCUT2D eigenvalue weighted by molar-refractivity contribution is -0.133. The Morgan fingerprint density at radius 3 is 2.79 bits per heavy atom. The molecule has 0 radical (unpaired) electrons. The van der Waals surface area contributed by atoms with Gasteiger partial charge in [-0.15, -0.1) is 11.3 Å². The molecule has 2 heterocycles. The van der Waals surface area contributed by atoms with Gasteiger partial charge in [0, 0.05) is 19.4 Å². The van der Waals surface area contributed by atoms with Gasteiger partial charge in [-0.25, -0.2) is 9.78 Å². The number of hydrogen-bond acceptors (Lipinski definition) is 6. The molecule has 0 aliphatic rings. The molecular formula is C17H15N3O3S. The minimum atomic E-state index is -0.565. The molecule has 0 aliphatic heterocycles. The Morgan fingerprint density at radius 1 is 1.21 bits per heavy atom. The van der Waals surface area contributed by atoms with Crippen molar-refractivity contribution >= 4 is 33.4 Å². The van der Waals surface area contributed by atoms with Gasteiger partial charge < -0.3 is 9.64 Å². The van der Waals surface area contributed by atoms with Crippen LogP contribution in [0.2, 0.25) is 0 Å². The van der Waals surface area contributed by atoms with E-state index in [0.29, 0.717) is 12.1 Å². The summed E-state index contributed by atoms with van der Waals surface area (Å²) >= 11 is 1.54. The number of hydrogen-bond donors (Lipinski definition) is 0. The molecule has 1 aromatic carbocycles. The second kappa shape index (κ2) is 7.18. The van der Waals surface area contributed by atoms with Crippen molar-refractivity contribution in [3.63, 3.8) is 0 Å². The molecule has 0 bridgehead atoms. The number of ether oxygens (including phenoxy) is 1. The topological polar surface area (TPSA) is 72.4 Å². The summed E-state index contributed by atoms with van der Waals surface area (Å²) in [5, 5.41) is 0.839. The first-order valence-electron chi connectivity index (χ1n) is 7.29. The van der Waals surface area contributed by atoms with E-state index in [1.165, 1.54) is 11.1 Å². The van der Waals surface area contributed by atoms with Crippen molar-refractivity contribution in [2.24, 2.45) is 0 Å². The average Bonchev–Trinajstić information content (AvgIpc) is 3.02. The minimum absolute atomic E-state index is 0.286. The van der Waals surface area contributed by atoms with Crippen LogP contribution in [0.4, 0.5) is 0 Å². The Balaban J connectivity index is 1.55. The molecule has 1 amide bonds. The van der Waals surface area contributed by atoms with Crippen LogP contribution in [0.5, 0.6) is 0 Å². The predicted octanol–water partition coefficient (Wildman–Crippen LogP) is 2.51. The second-order valence-electron chi connectivity index (χ2n) is 5.14. The maximum atomic E-state index is 12.1. The number of aromatic nitrogens is 2. The van der Waals surface area contributed by atoms with Gasteiger partial charge in [0.1, 0.15) is 5.01 Å². The summed E-state index contributed by atoms with van der Waals surface area (Å²) in [7, 11) is 1.66. The molecular weight excluding hydrogens is 326 g/mol. The lowest BCUT2D eigenvalue weighted by Gasteiger charge is -2.15. The molecule has 3 aromatic rings. The van der Waals surface area contributed by atoms with Crippen LogP contribution >= 0.6 is 11.3 Å². The van der Waals surface area contributed by atoms with E-state index in [4.69, 9.17) is 4.74 Å². The van der Waals surface area contributed by atoms with Crippen LogP contribution < -0.4 is 0 Å². The highest BCUT2D eigenvalue weighted by molar-refractivity contribution is 7.18. The van der Waals surface area contributed by atoms with Crippen molar-refractivity contribution in [3.05, 3.63) is 59.4 Å². The number of fused-ring (bicyclic) bond motifs is 1. The fraction of sp³-hybridized carbons (Fsp3) is 0.176. The summed E-state index contributed by atoms with van der Waals surface area (Å²) in [5.41, 5.74) is 1.24. The molecule has 0 fully saturated rings. The Morgan fingerprint density at radius 2 is 2.04 bits per heavy atom. The van der Waals surface area contributed by atoms with Gasteiger partial charge >= 0.3 is 5.97 Å². The number of nitrogens with zero attached hydrogens (tertiary/aromatic N) is 3. The third-order valence-electron chi connectivity index (χ3n) is 3.36. The van der Waals surface area contributed by atoms with Gasteiger partial charge in [-0.1, -0.05) is 12.1 Å². The standard InChI is InChI=1S/C17H15N3O3S/c1-20(10-15-19-13-6-2-3-7-14(13)24-15)16(21)11-23-17(22)12-5-4-8-18-9-12/h2-9H,10-11H2,1H3. The van der Waals surface area contributed by atoms with E-state index in [0.717, 1.165) is 15.2 Å². The molecule has 7 heteroatoms. The van der Waals surface area contributed by atoms with E-state index < -0.39 is 5.97 Å². The van der Waals surface area contributed by atoms with Crippen LogP contribution in [0.25, 0.3) is 10.2 Å². The molecule has 0 unspecified atom stereocenters. The monoisotopic (exact) mass is 341 g/mol. The summed E-state index contributed by atoms with van der Waals surface area (Å²) in [4.78, 5) is 33.7. The van der Waals surface area contributed by atoms with E-state index in [2.05, 4.69) is 9.97 Å². The van der Waals surface area contributed by atoms with Crippen LogP contribution in [-0.2, 0) is 16.1 Å². The fourth-order valence-corrected chi connectivity index (χ4v) is 3.10. The van der Waals surface area contributed by atoms with Gasteiger partial charge in [0.05, 0.1) is 22.3 Å². The molecule has 122 valence electrons. The summed E-state index contributed by atoms with van der Waals surface area (Å²) in [5.74, 6) is -0.851. The van der Waals surface area contributed by atoms with Gasteiger partial charge in [0.15, 0.2) is 6.61 Å². The fourth-order valence-electron chi connectivity index (χ4n) is 2.08. The molecule has 6 nitrogen and oxygen atoms in total. The number of carbonyl (C=O) groups is 2. The first kappa shape index (κ1) is 16.1. The van der Waals surface area contributed by atoms with E-state index in [-0.39, 0.29) is 12.5 Å². The first-order chi connectivity index (χ1) is 11.6. The van der Waals surface area contributed by atoms with Crippen molar-refractivity contribution in [1.82, 2.24) is 14.9 Å². The van der Waals surface area contributed by atoms with Crippen molar-refractivity contribution < 1.29 is 14.3 Å². The number of esters is 1. The number of amides is 1. The molecule has 0 N–H and O–H groups in total. The Hall–Kier alpha value is -2.80. The van der Waals surface area contributed by atoms with Gasteiger partial charge in [-0.2, -0.15) is 0 Å². The first-order valence-corrected chi connectivity index (χ1v) is 8.10. The van der Waals surface area contributed by atoms with Crippen LogP contribution in [0.15, 0.2) is 48.8 Å². The molecule has 0 saturated carbocycles. The summed E-state index contributed by atoms with van der Waals surface area (Å²) in [6.45, 7) is 0.0672. The normalized spacial score (nSPS) is 10.5. The molecule has 0 atom stereocenters. The number of pyridine rings is 1. The van der Waals surface area contributed by atoms with Crippen molar-refractivity contribution in [3.8, 4) is 0 Å². The highest BCUT2D eigenvalue weighted by atomic mass is 32.1. The van der Waals surface area contributed by atoms with Crippen molar-refractivity contribution in [1.29, 1.82) is 0 Å². The number of para-hydroxylation sites is 1. The number of benzene rings is 1. The molecule has 0 aliphatic carbocycles. The smallest absolute Gasteiger partial charge is 0.340 e. The zero-order valence-corrected chi connectivity index (χ0v) is 13.8. The van der Waals surface area contributed by atoms with Crippen LogP contribution in [-0.4, -0.2) is 40.4 Å². The minimum Gasteiger partial charge on any atom is -0.452 e. The Kier molecular flexibility index (Phi) is 4.81. The predicted molar refractivity (Wildman–Crippen MR) is 90.6 cm³/mol. The van der Waals surface area contributed by atoms with Gasteiger partial charge in [0.2, 0.25) is 0 Å². The van der Waals surface area contributed by atoms with E-state index in [1.54, 1.807) is 36.7 Å². The van der Waals surface area contributed by atoms with Crippen molar-refractivity contribution in [2.45, 2.75) is 6.54 Å². The Bertz CT molecular complexity index is 831. The SMILES string of the molecule is CN(Cc1nc2ccccc2s1)C(=O)COC(=O)c1cccnc1. The number of thiazole rings is 1. The third-order valence-corrected chi connectivity index (χ3v) is 4.38. The van der Waals surface area contributed by atoms with Crippen LogP contribution in [0.1, 0.15) is 15.4 Å². The second-order valence-corrected chi connectivity index (χ2v) is 6.26. The van der Waals surface area contributed by atoms with E-state index in [1.807, 2.05) is 24.3 Å². The van der Waals surface area contributed by atoms with Crippen LogP contribution in [0, 0.1) is 0 Å².